The molecular formula is C11H21NO3SSe. The number of thioether (sulfide) groups is 1. The van der Waals surface area contributed by atoms with Crippen LogP contribution in [0, 0.1) is 0 Å². The molecular weight excluding hydrogens is 305 g/mol. The Hall–Kier alpha value is -0.0305. The van der Waals surface area contributed by atoms with E-state index in [1.807, 2.05) is 6.26 Å². The summed E-state index contributed by atoms with van der Waals surface area (Å²) in [6, 6.07) is -0.330. The molecule has 17 heavy (non-hydrogen) atoms. The first kappa shape index (κ1) is 17.0. The van der Waals surface area contributed by atoms with Crippen LogP contribution in [0.25, 0.3) is 0 Å². The van der Waals surface area contributed by atoms with E-state index in [2.05, 4.69) is 11.3 Å². The van der Waals surface area contributed by atoms with Gasteiger partial charge >= 0.3 is 114 Å². The molecule has 0 aromatic carbocycles. The van der Waals surface area contributed by atoms with Crippen molar-refractivity contribution in [2.45, 2.75) is 39.2 Å². The van der Waals surface area contributed by atoms with Gasteiger partial charge in [0.2, 0.25) is 0 Å². The number of hydrogen-bond donors (Lipinski definition) is 1. The Morgan fingerprint density at radius 1 is 1.47 bits per heavy atom. The van der Waals surface area contributed by atoms with Gasteiger partial charge in [0.1, 0.15) is 0 Å². The first-order valence-electron chi connectivity index (χ1n) is 5.70. The monoisotopic (exact) mass is 327 g/mol. The number of nitrogens with one attached hydrogen (secondary N) is 1. The molecule has 0 aromatic rings. The van der Waals surface area contributed by atoms with Gasteiger partial charge in [-0.3, -0.25) is 0 Å². The molecule has 1 atom stereocenters. The van der Waals surface area contributed by atoms with E-state index in [1.165, 1.54) is 6.92 Å². The van der Waals surface area contributed by atoms with Gasteiger partial charge in [0.25, 0.3) is 0 Å². The fourth-order valence-electron chi connectivity index (χ4n) is 1.03. The van der Waals surface area contributed by atoms with Crippen molar-refractivity contribution in [3.8, 4) is 0 Å². The number of rotatable bonds is 10. The van der Waals surface area contributed by atoms with E-state index >= 15 is 0 Å². The normalized spacial score (nSPS) is 12.2. The molecule has 0 aliphatic rings. The van der Waals surface area contributed by atoms with E-state index in [9.17, 15) is 9.59 Å². The molecule has 1 unspecified atom stereocenters. The van der Waals surface area contributed by atoms with Crippen molar-refractivity contribution in [2.24, 2.45) is 0 Å². The predicted molar refractivity (Wildman–Crippen MR) is 72.2 cm³/mol. The molecule has 0 spiro atoms. The number of carbonyl (C=O) groups is 2. The van der Waals surface area contributed by atoms with Crippen LogP contribution in [0.15, 0.2) is 0 Å². The minimum atomic E-state index is -0.330. The topological polar surface area (TPSA) is 55.4 Å². The van der Waals surface area contributed by atoms with Gasteiger partial charge in [-0.25, -0.2) is 0 Å². The summed E-state index contributed by atoms with van der Waals surface area (Å²) in [5.74, 6) is 0.657. The number of ether oxygens (including phenoxy) is 1. The fraction of sp³-hybridized carbons (Fsp3) is 0.818. The first-order chi connectivity index (χ1) is 8.11. The third-order valence-electron chi connectivity index (χ3n) is 1.98. The van der Waals surface area contributed by atoms with E-state index < -0.39 is 0 Å². The van der Waals surface area contributed by atoms with E-state index in [4.69, 9.17) is 4.74 Å². The molecule has 0 rings (SSSR count). The zero-order chi connectivity index (χ0) is 13.1. The molecule has 0 amide bonds. The van der Waals surface area contributed by atoms with Crippen LogP contribution in [-0.2, 0) is 14.3 Å². The average Bonchev–Trinajstić information content (AvgIpc) is 2.29. The second-order valence-electron chi connectivity index (χ2n) is 3.57. The number of unbranched alkanes of at least 4 members (excludes halogenated alkanes) is 1. The van der Waals surface area contributed by atoms with Gasteiger partial charge in [0.15, 0.2) is 0 Å². The Balaban J connectivity index is 4.04. The SMILES string of the molecule is CCCCOC(=O)C(CCSC)N[Se]C(C)=O. The molecule has 4 nitrogen and oxygen atoms in total. The number of esters is 1. The molecule has 0 fully saturated rings. The number of hydrogen-bond acceptors (Lipinski definition) is 5. The average molecular weight is 326 g/mol. The molecule has 0 aliphatic heterocycles. The molecule has 6 heteroatoms. The van der Waals surface area contributed by atoms with Crippen LogP contribution >= 0.6 is 11.8 Å². The quantitative estimate of drug-likeness (QED) is 0.371. The maximum absolute atomic E-state index is 11.7. The molecule has 0 saturated heterocycles. The third kappa shape index (κ3) is 9.65. The molecule has 0 saturated carbocycles. The van der Waals surface area contributed by atoms with E-state index in [1.54, 1.807) is 11.8 Å². The van der Waals surface area contributed by atoms with Crippen LogP contribution < -0.4 is 4.33 Å². The Morgan fingerprint density at radius 3 is 2.71 bits per heavy atom. The van der Waals surface area contributed by atoms with Crippen LogP contribution in [0.3, 0.4) is 0 Å². The van der Waals surface area contributed by atoms with Crippen LogP contribution in [0.2, 0.25) is 0 Å². The fourth-order valence-corrected chi connectivity index (χ4v) is 2.60. The zero-order valence-corrected chi connectivity index (χ0v) is 13.2. The van der Waals surface area contributed by atoms with Gasteiger partial charge in [-0.1, -0.05) is 0 Å². The van der Waals surface area contributed by atoms with E-state index in [0.29, 0.717) is 13.0 Å². The van der Waals surface area contributed by atoms with Crippen molar-refractivity contribution in [1.82, 2.24) is 4.33 Å². The Labute approximate surface area is 114 Å². The van der Waals surface area contributed by atoms with Crippen molar-refractivity contribution in [3.05, 3.63) is 0 Å². The van der Waals surface area contributed by atoms with Crippen LogP contribution in [0.4, 0.5) is 0 Å². The summed E-state index contributed by atoms with van der Waals surface area (Å²) in [6.45, 7) is 4.05. The Kier molecular flexibility index (Phi) is 11.1. The van der Waals surface area contributed by atoms with Crippen LogP contribution in [-0.4, -0.2) is 50.5 Å². The Bertz CT molecular complexity index is 239. The van der Waals surface area contributed by atoms with Crippen LogP contribution in [0.1, 0.15) is 33.1 Å². The summed E-state index contributed by atoms with van der Waals surface area (Å²) < 4.78 is 8.26. The molecule has 0 aromatic heterocycles. The third-order valence-corrected chi connectivity index (χ3v) is 4.07. The van der Waals surface area contributed by atoms with Crippen molar-refractivity contribution >= 4 is 37.6 Å². The molecule has 0 radical (unpaired) electrons. The van der Waals surface area contributed by atoms with Crippen molar-refractivity contribution in [1.29, 1.82) is 0 Å². The molecule has 100 valence electrons. The summed E-state index contributed by atoms with van der Waals surface area (Å²) >= 11 is 1.36. The summed E-state index contributed by atoms with van der Waals surface area (Å²) in [5, 5.41) is 0. The van der Waals surface area contributed by atoms with Crippen LogP contribution in [0.5, 0.6) is 0 Å². The van der Waals surface area contributed by atoms with Gasteiger partial charge in [-0.05, 0) is 0 Å². The first-order valence-corrected chi connectivity index (χ1v) is 8.81. The summed E-state index contributed by atoms with van der Waals surface area (Å²) in [4.78, 5) is 22.7. The molecule has 0 bridgehead atoms. The van der Waals surface area contributed by atoms with E-state index in [0.717, 1.165) is 18.6 Å². The van der Waals surface area contributed by atoms with Gasteiger partial charge in [0.05, 0.1) is 0 Å². The van der Waals surface area contributed by atoms with Gasteiger partial charge in [0, 0.05) is 0 Å². The van der Waals surface area contributed by atoms with Gasteiger partial charge < -0.3 is 0 Å². The van der Waals surface area contributed by atoms with E-state index in [-0.39, 0.29) is 31.9 Å². The molecule has 0 heterocycles. The standard InChI is InChI=1S/C11H21NO3SSe/c1-4-5-7-15-11(14)10(6-8-16-3)12-17-9(2)13/h10,12H,4-8H2,1-3H3. The summed E-state index contributed by atoms with van der Waals surface area (Å²) in [6.07, 6.45) is 4.60. The predicted octanol–water partition coefficient (Wildman–Crippen LogP) is 1.21. The number of carbonyl (C=O) groups excluding carboxylic acids is 2. The second-order valence-corrected chi connectivity index (χ2v) is 6.68. The minimum absolute atomic E-state index is 0.0907. The van der Waals surface area contributed by atoms with Crippen molar-refractivity contribution in [2.75, 3.05) is 18.6 Å². The second kappa shape index (κ2) is 11.1. The summed E-state index contributed by atoms with van der Waals surface area (Å²) in [7, 11) is 0. The molecule has 1 N–H and O–H groups in total. The maximum atomic E-state index is 11.7. The molecule has 0 aliphatic carbocycles. The Morgan fingerprint density at radius 2 is 2.18 bits per heavy atom. The summed E-state index contributed by atoms with van der Waals surface area (Å²) in [5.41, 5.74) is 0. The zero-order valence-electron chi connectivity index (χ0n) is 10.7. The van der Waals surface area contributed by atoms with Crippen molar-refractivity contribution < 1.29 is 14.3 Å². The van der Waals surface area contributed by atoms with Crippen molar-refractivity contribution in [3.63, 3.8) is 0 Å². The van der Waals surface area contributed by atoms with Gasteiger partial charge in [-0.15, -0.1) is 0 Å². The van der Waals surface area contributed by atoms with Gasteiger partial charge in [-0.2, -0.15) is 0 Å².